The van der Waals surface area contributed by atoms with Gasteiger partial charge in [-0.2, -0.15) is 13.6 Å². The zero-order valence-corrected chi connectivity index (χ0v) is 6.84. The van der Waals surface area contributed by atoms with Crippen LogP contribution in [0.4, 0.5) is 17.6 Å². The highest BCUT2D eigenvalue weighted by Crippen LogP contribution is 2.35. The molecule has 0 fully saturated rings. The van der Waals surface area contributed by atoms with E-state index in [1.54, 1.807) is 0 Å². The Hall–Kier alpha value is -1.95. The van der Waals surface area contributed by atoms with Gasteiger partial charge in [-0.1, -0.05) is 0 Å². The Kier molecular flexibility index (Phi) is 2.71. The molecule has 8 heteroatoms. The third-order valence-corrected chi connectivity index (χ3v) is 1.69. The second-order valence-electron chi connectivity index (χ2n) is 2.54. The molecule has 0 aliphatic heterocycles. The van der Waals surface area contributed by atoms with Gasteiger partial charge in [0, 0.05) is 0 Å². The van der Waals surface area contributed by atoms with Crippen LogP contribution in [0.3, 0.4) is 0 Å². The minimum Gasteiger partial charge on any atom is -0.480 e. The Bertz CT molecular complexity index is 420. The van der Waals surface area contributed by atoms with Crippen LogP contribution >= 0.6 is 0 Å². The zero-order chi connectivity index (χ0) is 11.7. The van der Waals surface area contributed by atoms with Crippen molar-refractivity contribution in [2.75, 3.05) is 0 Å². The third kappa shape index (κ3) is 1.55. The lowest BCUT2D eigenvalue weighted by atomic mass is 9.98. The molecular weight excluding hydrogens is 220 g/mol. The normalized spacial score (nSPS) is 21.9. The molecule has 0 saturated carbocycles. The van der Waals surface area contributed by atoms with E-state index in [0.717, 1.165) is 0 Å². The summed E-state index contributed by atoms with van der Waals surface area (Å²) in [5.41, 5.74) is 6.46. The SMILES string of the molecule is [N-]=[N+]=C1C(F)=C(F)C(C(=O)O)C(F)=C1F. The summed E-state index contributed by atoms with van der Waals surface area (Å²) in [6, 6.07) is 0. The lowest BCUT2D eigenvalue weighted by Gasteiger charge is -2.11. The molecule has 0 amide bonds. The first-order valence-electron chi connectivity index (χ1n) is 3.47. The summed E-state index contributed by atoms with van der Waals surface area (Å²) in [6.07, 6.45) is 0. The lowest BCUT2D eigenvalue weighted by molar-refractivity contribution is -0.140. The summed E-state index contributed by atoms with van der Waals surface area (Å²) in [5.74, 6) is -12.9. The smallest absolute Gasteiger partial charge is 0.391 e. The number of nitrogens with zero attached hydrogens (tertiary/aromatic N) is 2. The predicted octanol–water partition coefficient (Wildman–Crippen LogP) is 1.67. The summed E-state index contributed by atoms with van der Waals surface area (Å²) < 4.78 is 51.3. The molecule has 4 nitrogen and oxygen atoms in total. The van der Waals surface area contributed by atoms with Gasteiger partial charge >= 0.3 is 11.7 Å². The van der Waals surface area contributed by atoms with Crippen molar-refractivity contribution in [2.45, 2.75) is 0 Å². The minimum atomic E-state index is -2.67. The summed E-state index contributed by atoms with van der Waals surface area (Å²) >= 11 is 0. The molecular formula is C7H2F4N2O2. The van der Waals surface area contributed by atoms with Crippen molar-refractivity contribution in [2.24, 2.45) is 5.92 Å². The van der Waals surface area contributed by atoms with Crippen LogP contribution in [0.15, 0.2) is 23.3 Å². The first-order valence-corrected chi connectivity index (χ1v) is 3.47. The van der Waals surface area contributed by atoms with Crippen molar-refractivity contribution in [3.63, 3.8) is 0 Å². The number of hydrogen-bond acceptors (Lipinski definition) is 1. The van der Waals surface area contributed by atoms with E-state index in [1.165, 1.54) is 0 Å². The van der Waals surface area contributed by atoms with E-state index in [2.05, 4.69) is 0 Å². The van der Waals surface area contributed by atoms with Crippen LogP contribution in [0.5, 0.6) is 0 Å². The molecule has 15 heavy (non-hydrogen) atoms. The van der Waals surface area contributed by atoms with Gasteiger partial charge in [0.1, 0.15) is 0 Å². The highest BCUT2D eigenvalue weighted by Gasteiger charge is 2.45. The first-order chi connectivity index (χ1) is 6.91. The molecule has 1 N–H and O–H groups in total. The fourth-order valence-corrected chi connectivity index (χ4v) is 0.992. The predicted molar refractivity (Wildman–Crippen MR) is 38.2 cm³/mol. The molecule has 0 radical (unpaired) electrons. The van der Waals surface area contributed by atoms with E-state index in [4.69, 9.17) is 10.6 Å². The van der Waals surface area contributed by atoms with Gasteiger partial charge in [0.05, 0.1) is 0 Å². The van der Waals surface area contributed by atoms with Crippen LogP contribution in [0.25, 0.3) is 5.53 Å². The Morgan fingerprint density at radius 3 is 1.87 bits per heavy atom. The molecule has 1 aliphatic rings. The molecule has 0 bridgehead atoms. The Labute approximate surface area is 79.7 Å². The highest BCUT2D eigenvalue weighted by atomic mass is 19.2. The lowest BCUT2D eigenvalue weighted by Crippen LogP contribution is -2.24. The van der Waals surface area contributed by atoms with Crippen molar-refractivity contribution < 1.29 is 32.3 Å². The van der Waals surface area contributed by atoms with Gasteiger partial charge in [0.2, 0.25) is 11.7 Å². The molecule has 1 aliphatic carbocycles. The number of carboxylic acids is 1. The van der Waals surface area contributed by atoms with Gasteiger partial charge in [-0.25, -0.2) is 8.78 Å². The van der Waals surface area contributed by atoms with Crippen molar-refractivity contribution >= 4 is 11.7 Å². The van der Waals surface area contributed by atoms with E-state index in [-0.39, 0.29) is 0 Å². The zero-order valence-electron chi connectivity index (χ0n) is 6.84. The van der Waals surface area contributed by atoms with Gasteiger partial charge in [-0.15, -0.1) is 0 Å². The molecule has 0 aromatic carbocycles. The van der Waals surface area contributed by atoms with Gasteiger partial charge in [-0.05, 0) is 0 Å². The van der Waals surface area contributed by atoms with Crippen LogP contribution < -0.4 is 0 Å². The number of aliphatic carboxylic acids is 1. The molecule has 0 unspecified atom stereocenters. The van der Waals surface area contributed by atoms with Gasteiger partial charge in [-0.3, -0.25) is 4.79 Å². The second-order valence-corrected chi connectivity index (χ2v) is 2.54. The van der Waals surface area contributed by atoms with Crippen LogP contribution in [-0.4, -0.2) is 21.6 Å². The first kappa shape index (κ1) is 11.1. The van der Waals surface area contributed by atoms with Crippen LogP contribution in [0, 0.1) is 5.92 Å². The van der Waals surface area contributed by atoms with Crippen molar-refractivity contribution in [3.8, 4) is 0 Å². The maximum absolute atomic E-state index is 12.8. The van der Waals surface area contributed by atoms with Gasteiger partial charge < -0.3 is 10.6 Å². The molecule has 0 aromatic heterocycles. The number of allylic oxidation sites excluding steroid dienone is 2. The molecule has 0 atom stereocenters. The largest absolute Gasteiger partial charge is 0.480 e. The molecule has 0 saturated heterocycles. The maximum Gasteiger partial charge on any atom is 0.391 e. The Balaban J connectivity index is 3.46. The van der Waals surface area contributed by atoms with Gasteiger partial charge in [0.25, 0.3) is 0 Å². The molecule has 80 valence electrons. The second kappa shape index (κ2) is 3.66. The Morgan fingerprint density at radius 2 is 1.60 bits per heavy atom. The van der Waals surface area contributed by atoms with Crippen LogP contribution in [0.1, 0.15) is 0 Å². The average molecular weight is 222 g/mol. The quantitative estimate of drug-likeness (QED) is 0.416. The summed E-state index contributed by atoms with van der Waals surface area (Å²) in [4.78, 5) is 12.3. The Morgan fingerprint density at radius 1 is 1.20 bits per heavy atom. The monoisotopic (exact) mass is 222 g/mol. The number of hydrogen-bond donors (Lipinski definition) is 1. The number of carboxylic acid groups (broad SMARTS) is 1. The summed E-state index contributed by atoms with van der Waals surface area (Å²) in [6.45, 7) is 0. The van der Waals surface area contributed by atoms with E-state index >= 15 is 0 Å². The van der Waals surface area contributed by atoms with Crippen LogP contribution in [0.2, 0.25) is 0 Å². The van der Waals surface area contributed by atoms with Crippen molar-refractivity contribution in [1.82, 2.24) is 0 Å². The van der Waals surface area contributed by atoms with Crippen LogP contribution in [-0.2, 0) is 4.79 Å². The third-order valence-electron chi connectivity index (χ3n) is 1.69. The van der Waals surface area contributed by atoms with E-state index < -0.39 is 40.9 Å². The maximum atomic E-state index is 12.8. The van der Waals surface area contributed by atoms with Gasteiger partial charge in [0.15, 0.2) is 17.6 Å². The van der Waals surface area contributed by atoms with Crippen molar-refractivity contribution in [3.05, 3.63) is 28.8 Å². The summed E-state index contributed by atoms with van der Waals surface area (Å²) in [7, 11) is 0. The minimum absolute atomic E-state index is 1.59. The standard InChI is InChI=1S/C7H2F4N2O2/c8-2-1(7(14)15)3(9)5(11)6(13-12)4(2)10/h1H,(H,14,15). The number of rotatable bonds is 1. The molecule has 0 spiro atoms. The number of carbonyl (C=O) groups is 1. The highest BCUT2D eigenvalue weighted by molar-refractivity contribution is 6.08. The van der Waals surface area contributed by atoms with Crippen molar-refractivity contribution in [1.29, 1.82) is 0 Å². The topological polar surface area (TPSA) is 73.7 Å². The fraction of sp³-hybridized carbons (Fsp3) is 0.143. The molecule has 0 aromatic rings. The molecule has 1 rings (SSSR count). The molecule has 0 heterocycles. The fourth-order valence-electron chi connectivity index (χ4n) is 0.992. The van der Waals surface area contributed by atoms with E-state index in [1.807, 2.05) is 4.79 Å². The number of halogens is 4. The average Bonchev–Trinajstić information content (AvgIpc) is 2.16. The summed E-state index contributed by atoms with van der Waals surface area (Å²) in [5, 5.41) is 8.29. The van der Waals surface area contributed by atoms with E-state index in [0.29, 0.717) is 0 Å². The van der Waals surface area contributed by atoms with E-state index in [9.17, 15) is 22.4 Å².